The Labute approximate surface area is 75.6 Å². The van der Waals surface area contributed by atoms with Gasteiger partial charge in [0.2, 0.25) is 0 Å². The number of hydrogen-bond acceptors (Lipinski definition) is 6. The van der Waals surface area contributed by atoms with Crippen LogP contribution in [0.25, 0.3) is 0 Å². The van der Waals surface area contributed by atoms with E-state index in [0.717, 1.165) is 0 Å². The van der Waals surface area contributed by atoms with Crippen LogP contribution in [0.1, 0.15) is 6.42 Å². The number of ether oxygens (including phenoxy) is 1. The molecule has 0 spiro atoms. The summed E-state index contributed by atoms with van der Waals surface area (Å²) in [5.74, 6) is 0. The Morgan fingerprint density at radius 3 is 2.31 bits per heavy atom. The lowest BCUT2D eigenvalue weighted by atomic mass is 9.96. The summed E-state index contributed by atoms with van der Waals surface area (Å²) in [6, 6.07) is -1.01. The first-order valence-electron chi connectivity index (χ1n) is 4.14. The number of aliphatic hydroxyl groups excluding tert-OH is 4. The van der Waals surface area contributed by atoms with Crippen LogP contribution in [0.3, 0.4) is 0 Å². The van der Waals surface area contributed by atoms with Crippen LogP contribution in [0.15, 0.2) is 0 Å². The molecular formula is C7H15NO5. The molecule has 78 valence electrons. The molecule has 0 radical (unpaired) electrons. The molecule has 5 atom stereocenters. The monoisotopic (exact) mass is 193 g/mol. The normalized spacial score (nSPS) is 46.4. The van der Waals surface area contributed by atoms with E-state index >= 15 is 0 Å². The van der Waals surface area contributed by atoms with Crippen LogP contribution < -0.4 is 5.73 Å². The van der Waals surface area contributed by atoms with Gasteiger partial charge in [-0.15, -0.1) is 0 Å². The van der Waals surface area contributed by atoms with Crippen LogP contribution in [0.4, 0.5) is 0 Å². The topological polar surface area (TPSA) is 116 Å². The summed E-state index contributed by atoms with van der Waals surface area (Å²) in [6.07, 6.45) is -4.29. The standard InChI is InChI=1S/C7H15NO5/c8-4-6(11)5(10)3(1-2-9)13-7(4)12/h3-7,9-12H,1-2,8H2. The molecule has 6 heteroatoms. The third kappa shape index (κ3) is 2.16. The van der Waals surface area contributed by atoms with E-state index in [4.69, 9.17) is 20.7 Å². The Bertz CT molecular complexity index is 167. The van der Waals surface area contributed by atoms with Crippen LogP contribution in [0, 0.1) is 0 Å². The first-order valence-corrected chi connectivity index (χ1v) is 4.14. The van der Waals surface area contributed by atoms with Crippen LogP contribution in [0.5, 0.6) is 0 Å². The van der Waals surface area contributed by atoms with Gasteiger partial charge in [-0.25, -0.2) is 0 Å². The number of aliphatic hydroxyl groups is 4. The minimum atomic E-state index is -1.30. The summed E-state index contributed by atoms with van der Waals surface area (Å²) < 4.78 is 4.88. The zero-order valence-corrected chi connectivity index (χ0v) is 7.08. The second-order valence-corrected chi connectivity index (χ2v) is 3.14. The molecule has 13 heavy (non-hydrogen) atoms. The van der Waals surface area contributed by atoms with E-state index in [0.29, 0.717) is 0 Å². The molecule has 1 heterocycles. The van der Waals surface area contributed by atoms with E-state index in [2.05, 4.69) is 0 Å². The highest BCUT2D eigenvalue weighted by Gasteiger charge is 2.41. The quantitative estimate of drug-likeness (QED) is 0.322. The van der Waals surface area contributed by atoms with Gasteiger partial charge in [-0.3, -0.25) is 0 Å². The van der Waals surface area contributed by atoms with Crippen molar-refractivity contribution in [3.05, 3.63) is 0 Å². The molecule has 1 saturated heterocycles. The van der Waals surface area contributed by atoms with Crippen molar-refractivity contribution in [2.24, 2.45) is 5.73 Å². The molecule has 6 nitrogen and oxygen atoms in total. The van der Waals surface area contributed by atoms with Crippen LogP contribution in [0.2, 0.25) is 0 Å². The van der Waals surface area contributed by atoms with Crippen LogP contribution in [-0.4, -0.2) is 57.7 Å². The maximum absolute atomic E-state index is 9.38. The average molecular weight is 193 g/mol. The van der Waals surface area contributed by atoms with Crippen molar-refractivity contribution >= 4 is 0 Å². The van der Waals surface area contributed by atoms with Gasteiger partial charge in [-0.2, -0.15) is 0 Å². The Hall–Kier alpha value is -0.240. The van der Waals surface area contributed by atoms with Crippen molar-refractivity contribution < 1.29 is 25.2 Å². The average Bonchev–Trinajstić information content (AvgIpc) is 2.11. The molecule has 0 bridgehead atoms. The summed E-state index contributed by atoms with van der Waals surface area (Å²) in [4.78, 5) is 0. The Morgan fingerprint density at radius 1 is 1.15 bits per heavy atom. The van der Waals surface area contributed by atoms with Gasteiger partial charge < -0.3 is 30.9 Å². The van der Waals surface area contributed by atoms with Gasteiger partial charge in [0.1, 0.15) is 12.2 Å². The Kier molecular flexibility index (Phi) is 3.60. The predicted octanol–water partition coefficient (Wildman–Crippen LogP) is -2.86. The minimum absolute atomic E-state index is 0.155. The molecule has 1 rings (SSSR count). The third-order valence-corrected chi connectivity index (χ3v) is 2.18. The van der Waals surface area contributed by atoms with E-state index in [9.17, 15) is 10.2 Å². The number of hydrogen-bond donors (Lipinski definition) is 5. The fourth-order valence-electron chi connectivity index (χ4n) is 1.33. The minimum Gasteiger partial charge on any atom is -0.396 e. The molecule has 0 aromatic rings. The SMILES string of the molecule is NC1C(O)OC(CCO)C(O)C1O. The zero-order valence-electron chi connectivity index (χ0n) is 7.08. The first kappa shape index (κ1) is 10.8. The first-order chi connectivity index (χ1) is 6.07. The lowest BCUT2D eigenvalue weighted by molar-refractivity contribution is -0.244. The van der Waals surface area contributed by atoms with Crippen molar-refractivity contribution in [1.29, 1.82) is 0 Å². The van der Waals surface area contributed by atoms with Crippen molar-refractivity contribution in [3.63, 3.8) is 0 Å². The van der Waals surface area contributed by atoms with Gasteiger partial charge in [-0.1, -0.05) is 0 Å². The molecule has 5 unspecified atom stereocenters. The molecular weight excluding hydrogens is 178 g/mol. The van der Waals surface area contributed by atoms with Gasteiger partial charge in [0.15, 0.2) is 6.29 Å². The summed E-state index contributed by atoms with van der Waals surface area (Å²) in [5, 5.41) is 36.4. The molecule has 0 aromatic carbocycles. The maximum Gasteiger partial charge on any atom is 0.172 e. The zero-order chi connectivity index (χ0) is 10.0. The molecule has 0 aromatic heterocycles. The van der Waals surface area contributed by atoms with E-state index in [-0.39, 0.29) is 13.0 Å². The predicted molar refractivity (Wildman–Crippen MR) is 42.6 cm³/mol. The molecule has 0 saturated carbocycles. The molecule has 0 aliphatic carbocycles. The van der Waals surface area contributed by atoms with Gasteiger partial charge >= 0.3 is 0 Å². The summed E-state index contributed by atoms with van der Waals surface area (Å²) in [5.41, 5.74) is 5.32. The second-order valence-electron chi connectivity index (χ2n) is 3.14. The van der Waals surface area contributed by atoms with Crippen LogP contribution in [-0.2, 0) is 4.74 Å². The number of rotatable bonds is 2. The Balaban J connectivity index is 2.59. The molecule has 0 amide bonds. The lowest BCUT2D eigenvalue weighted by Crippen LogP contribution is -2.61. The molecule has 1 fully saturated rings. The van der Waals surface area contributed by atoms with Gasteiger partial charge in [0.25, 0.3) is 0 Å². The Morgan fingerprint density at radius 2 is 1.77 bits per heavy atom. The fourth-order valence-corrected chi connectivity index (χ4v) is 1.33. The van der Waals surface area contributed by atoms with E-state index in [1.807, 2.05) is 0 Å². The highest BCUT2D eigenvalue weighted by atomic mass is 16.6. The second kappa shape index (κ2) is 4.32. The van der Waals surface area contributed by atoms with E-state index in [1.54, 1.807) is 0 Å². The van der Waals surface area contributed by atoms with E-state index in [1.165, 1.54) is 0 Å². The van der Waals surface area contributed by atoms with E-state index < -0.39 is 30.6 Å². The number of nitrogens with two attached hydrogens (primary N) is 1. The van der Waals surface area contributed by atoms with Gasteiger partial charge in [-0.05, 0) is 6.42 Å². The molecule has 1 aliphatic heterocycles. The van der Waals surface area contributed by atoms with Crippen molar-refractivity contribution in [1.82, 2.24) is 0 Å². The van der Waals surface area contributed by atoms with Crippen LogP contribution >= 0.6 is 0 Å². The highest BCUT2D eigenvalue weighted by Crippen LogP contribution is 2.20. The summed E-state index contributed by atoms with van der Waals surface area (Å²) in [6.45, 7) is -0.184. The lowest BCUT2D eigenvalue weighted by Gasteiger charge is -2.38. The smallest absolute Gasteiger partial charge is 0.172 e. The summed E-state index contributed by atoms with van der Waals surface area (Å²) >= 11 is 0. The van der Waals surface area contributed by atoms with Crippen molar-refractivity contribution in [2.45, 2.75) is 37.1 Å². The third-order valence-electron chi connectivity index (χ3n) is 2.18. The fraction of sp³-hybridized carbons (Fsp3) is 1.00. The largest absolute Gasteiger partial charge is 0.396 e. The van der Waals surface area contributed by atoms with Crippen molar-refractivity contribution in [2.75, 3.05) is 6.61 Å². The van der Waals surface area contributed by atoms with Gasteiger partial charge in [0, 0.05) is 6.61 Å². The summed E-state index contributed by atoms with van der Waals surface area (Å²) in [7, 11) is 0. The highest BCUT2D eigenvalue weighted by molar-refractivity contribution is 4.90. The maximum atomic E-state index is 9.38. The van der Waals surface area contributed by atoms with Gasteiger partial charge in [0.05, 0.1) is 12.1 Å². The van der Waals surface area contributed by atoms with Crippen molar-refractivity contribution in [3.8, 4) is 0 Å². The molecule has 6 N–H and O–H groups in total. The molecule has 1 aliphatic rings.